The number of fused-ring (bicyclic) bond motifs is 1. The minimum absolute atomic E-state index is 0. The van der Waals surface area contributed by atoms with Gasteiger partial charge in [0, 0.05) is 17.4 Å². The first kappa shape index (κ1) is 27.4. The van der Waals surface area contributed by atoms with Crippen LogP contribution in [0.5, 0.6) is 0 Å². The predicted molar refractivity (Wildman–Crippen MR) is 138 cm³/mol. The Hall–Kier alpha value is -4.15. The third-order valence-corrected chi connectivity index (χ3v) is 6.08. The molecule has 0 spiro atoms. The normalized spacial score (nSPS) is 12.6. The smallest absolute Gasteiger partial charge is 0.276 e. The maximum atomic E-state index is 13.5. The Kier molecular flexibility index (Phi) is 9.05. The second-order valence-corrected chi connectivity index (χ2v) is 8.17. The number of hydrazone groups is 1. The number of hydrogen-bond donors (Lipinski definition) is 1. The van der Waals surface area contributed by atoms with Gasteiger partial charge in [-0.3, -0.25) is 29.6 Å². The quantitative estimate of drug-likeness (QED) is 0.183. The van der Waals surface area contributed by atoms with E-state index in [4.69, 9.17) is 0 Å². The van der Waals surface area contributed by atoms with Gasteiger partial charge in [-0.05, 0) is 49.2 Å². The molecule has 9 heteroatoms. The molecule has 0 saturated heterocycles. The van der Waals surface area contributed by atoms with Gasteiger partial charge in [-0.1, -0.05) is 56.3 Å². The maximum absolute atomic E-state index is 13.5. The summed E-state index contributed by atoms with van der Waals surface area (Å²) in [6.45, 7) is 3.86. The summed E-state index contributed by atoms with van der Waals surface area (Å²) >= 11 is 0. The van der Waals surface area contributed by atoms with Crippen molar-refractivity contribution in [3.63, 3.8) is 0 Å². The fourth-order valence-corrected chi connectivity index (χ4v) is 4.26. The van der Waals surface area contributed by atoms with E-state index in [1.54, 1.807) is 66.7 Å². The van der Waals surface area contributed by atoms with Crippen LogP contribution in [0.3, 0.4) is 0 Å². The molecule has 1 aliphatic rings. The Bertz CT molecular complexity index is 1330. The molecule has 0 aromatic heterocycles. The minimum Gasteiger partial charge on any atom is -0.276 e. The van der Waals surface area contributed by atoms with Gasteiger partial charge >= 0.3 is 19.5 Å². The summed E-state index contributed by atoms with van der Waals surface area (Å²) in [5.74, 6) is -1.41. The second-order valence-electron chi connectivity index (χ2n) is 8.17. The summed E-state index contributed by atoms with van der Waals surface area (Å²) in [5, 5.41) is 13.8. The third kappa shape index (κ3) is 5.35. The zero-order valence-corrected chi connectivity index (χ0v) is 23.7. The van der Waals surface area contributed by atoms with Crippen molar-refractivity contribution in [2.24, 2.45) is 5.10 Å². The molecule has 8 nitrogen and oxygen atoms in total. The summed E-state index contributed by atoms with van der Waals surface area (Å²) in [6.07, 6.45) is 1.29. The Morgan fingerprint density at radius 1 is 0.919 bits per heavy atom. The summed E-state index contributed by atoms with van der Waals surface area (Å²) in [6, 6.07) is 24.3. The van der Waals surface area contributed by atoms with Crippen molar-refractivity contribution in [2.75, 3.05) is 10.3 Å². The van der Waals surface area contributed by atoms with E-state index in [9.17, 15) is 19.6 Å². The van der Waals surface area contributed by atoms with Gasteiger partial charge in [0.1, 0.15) is 6.07 Å². The number of amides is 3. The van der Waals surface area contributed by atoms with Crippen molar-refractivity contribution in [3.05, 3.63) is 90.0 Å². The molecule has 0 bridgehead atoms. The van der Waals surface area contributed by atoms with E-state index in [0.29, 0.717) is 24.2 Å². The number of nitrogens with zero attached hydrogens (tertiary/aromatic N) is 4. The molecule has 3 amide bonds. The molecule has 1 aliphatic heterocycles. The van der Waals surface area contributed by atoms with Crippen LogP contribution in [-0.4, -0.2) is 34.4 Å². The van der Waals surface area contributed by atoms with Crippen molar-refractivity contribution in [3.8, 4) is 6.07 Å². The molecule has 1 heterocycles. The van der Waals surface area contributed by atoms with Crippen molar-refractivity contribution in [1.29, 1.82) is 5.26 Å². The van der Waals surface area contributed by atoms with Crippen LogP contribution in [0.2, 0.25) is 0 Å². The first-order chi connectivity index (χ1) is 17.5. The number of imide groups is 1. The molecule has 0 unspecified atom stereocenters. The molecule has 0 radical (unpaired) electrons. The average molecular weight is 545 g/mol. The Morgan fingerprint density at radius 2 is 1.49 bits per heavy atom. The molecule has 0 aliphatic carbocycles. The van der Waals surface area contributed by atoms with Crippen LogP contribution in [0.4, 0.5) is 17.1 Å². The van der Waals surface area contributed by atoms with Crippen molar-refractivity contribution >= 4 is 40.5 Å². The Balaban J connectivity index is 0.00000380. The van der Waals surface area contributed by atoms with Crippen LogP contribution in [0.25, 0.3) is 0 Å². The van der Waals surface area contributed by atoms with Crippen molar-refractivity contribution in [2.45, 2.75) is 32.7 Å². The minimum atomic E-state index is -0.643. The van der Waals surface area contributed by atoms with Gasteiger partial charge in [-0.15, -0.1) is 0 Å². The molecule has 37 heavy (non-hydrogen) atoms. The van der Waals surface area contributed by atoms with Crippen LogP contribution in [-0.2, 0) is 24.3 Å². The van der Waals surface area contributed by atoms with Crippen LogP contribution < -0.4 is 10.3 Å². The number of benzene rings is 3. The molecule has 3 aromatic rings. The predicted octanol–water partition coefficient (Wildman–Crippen LogP) is 5.13. The molecular weight excluding hydrogens is 520 g/mol. The number of rotatable bonds is 8. The van der Waals surface area contributed by atoms with E-state index >= 15 is 0 Å². The largest absolute Gasteiger partial charge is 2.00 e. The number of anilines is 3. The van der Waals surface area contributed by atoms with Gasteiger partial charge in [0.25, 0.3) is 17.7 Å². The fraction of sp³-hybridized carbons (Fsp3) is 0.179. The van der Waals surface area contributed by atoms with Gasteiger partial charge in [0.15, 0.2) is 0 Å². The molecular formula is C28H25N5O3Zn+2. The number of carbonyl (C=O) groups excluding carboxylic acids is 3. The standard InChI is InChI=1S/C28H25N5O3.Zn/c1-3-19(4-2)33-26(34)22-16-11-17-23(25(22)28(33)36)30-31-24(18-29)27(35)32(20-12-7-5-8-13-20)21-14-9-6-10-15-21;/h5-17,19,30H,3-4H2,1-2H3;/q;+2. The number of hydrogen-bond acceptors (Lipinski definition) is 6. The van der Waals surface area contributed by atoms with Crippen molar-refractivity contribution < 1.29 is 33.9 Å². The SMILES string of the molecule is CCC(CC)N1C(=O)c2cccc(NN=C(C#N)C(=O)N(c3ccccc3)c3ccccc3)c2C1=O.[Zn+2]. The molecule has 180 valence electrons. The van der Waals surface area contributed by atoms with Gasteiger partial charge < -0.3 is 0 Å². The summed E-state index contributed by atoms with van der Waals surface area (Å²) in [7, 11) is 0. The van der Waals surface area contributed by atoms with Crippen LogP contribution in [0.15, 0.2) is 84.0 Å². The summed E-state index contributed by atoms with van der Waals surface area (Å²) in [4.78, 5) is 42.3. The van der Waals surface area contributed by atoms with Gasteiger partial charge in [-0.25, -0.2) is 0 Å². The van der Waals surface area contributed by atoms with Crippen LogP contribution in [0, 0.1) is 11.3 Å². The first-order valence-electron chi connectivity index (χ1n) is 11.7. The average Bonchev–Trinajstić information content (AvgIpc) is 3.17. The molecule has 0 saturated carbocycles. The van der Waals surface area contributed by atoms with Gasteiger partial charge in [0.05, 0.1) is 16.8 Å². The van der Waals surface area contributed by atoms with E-state index in [1.807, 2.05) is 32.0 Å². The molecule has 4 rings (SSSR count). The topological polar surface area (TPSA) is 106 Å². The fourth-order valence-electron chi connectivity index (χ4n) is 4.26. The van der Waals surface area contributed by atoms with E-state index in [2.05, 4.69) is 10.5 Å². The first-order valence-corrected chi connectivity index (χ1v) is 11.7. The van der Waals surface area contributed by atoms with Crippen LogP contribution in [0.1, 0.15) is 47.4 Å². The number of nitrogens with one attached hydrogen (secondary N) is 1. The maximum Gasteiger partial charge on any atom is 2.00 e. The van der Waals surface area contributed by atoms with E-state index in [0.717, 1.165) is 0 Å². The van der Waals surface area contributed by atoms with E-state index in [1.165, 1.54) is 9.80 Å². The zero-order valence-electron chi connectivity index (χ0n) is 20.7. The monoisotopic (exact) mass is 543 g/mol. The number of nitriles is 1. The molecule has 0 fully saturated rings. The zero-order chi connectivity index (χ0) is 25.7. The van der Waals surface area contributed by atoms with Gasteiger partial charge in [-0.2, -0.15) is 10.4 Å². The summed E-state index contributed by atoms with van der Waals surface area (Å²) < 4.78 is 0. The Labute approximate surface area is 228 Å². The van der Waals surface area contributed by atoms with Crippen LogP contribution >= 0.6 is 0 Å². The Morgan fingerprint density at radius 3 is 2.00 bits per heavy atom. The molecule has 3 aromatic carbocycles. The van der Waals surface area contributed by atoms with Gasteiger partial charge in [0.2, 0.25) is 5.71 Å². The second kappa shape index (κ2) is 12.2. The summed E-state index contributed by atoms with van der Waals surface area (Å²) in [5.41, 5.74) is 4.14. The third-order valence-electron chi connectivity index (χ3n) is 6.08. The molecule has 0 atom stereocenters. The van der Waals surface area contributed by atoms with Crippen molar-refractivity contribution in [1.82, 2.24) is 4.90 Å². The number of carbonyl (C=O) groups is 3. The van der Waals surface area contributed by atoms with E-state index in [-0.39, 0.29) is 48.2 Å². The molecule has 1 N–H and O–H groups in total. The van der Waals surface area contributed by atoms with E-state index < -0.39 is 17.5 Å². The number of para-hydroxylation sites is 2.